The number of alkyl halides is 2. The molecular weight excluding hydrogens is 442 g/mol. The van der Waals surface area contributed by atoms with Gasteiger partial charge in [-0.3, -0.25) is 4.79 Å². The summed E-state index contributed by atoms with van der Waals surface area (Å²) < 4.78 is 55.3. The van der Waals surface area contributed by atoms with Gasteiger partial charge < -0.3 is 15.0 Å². The number of rotatable bonds is 8. The third-order valence-corrected chi connectivity index (χ3v) is 5.68. The van der Waals surface area contributed by atoms with E-state index in [0.717, 1.165) is 24.5 Å². The van der Waals surface area contributed by atoms with Crippen LogP contribution in [0.25, 0.3) is 0 Å². The lowest BCUT2D eigenvalue weighted by Gasteiger charge is -2.38. The van der Waals surface area contributed by atoms with Crippen molar-refractivity contribution in [3.8, 4) is 11.6 Å². The van der Waals surface area contributed by atoms with Crippen LogP contribution < -0.4 is 15.0 Å². The highest BCUT2D eigenvalue weighted by atomic mass is 32.2. The zero-order chi connectivity index (χ0) is 22.9. The van der Waals surface area contributed by atoms with Crippen LogP contribution in [0.2, 0.25) is 0 Å². The second kappa shape index (κ2) is 8.45. The van der Waals surface area contributed by atoms with Crippen LogP contribution in [0.5, 0.6) is 11.6 Å². The van der Waals surface area contributed by atoms with Crippen LogP contribution in [0.1, 0.15) is 23.2 Å². The highest BCUT2D eigenvalue weighted by Crippen LogP contribution is 2.35. The topological polar surface area (TPSA) is 101 Å². The molecule has 170 valence electrons. The average molecular weight is 464 g/mol. The minimum Gasteiger partial charge on any atom is -0.438 e. The summed E-state index contributed by atoms with van der Waals surface area (Å²) in [4.78, 5) is 22.6. The molecule has 2 aromatic rings. The first-order chi connectivity index (χ1) is 15.1. The quantitative estimate of drug-likeness (QED) is 0.641. The molecule has 1 aromatic heterocycles. The van der Waals surface area contributed by atoms with E-state index in [-0.39, 0.29) is 23.3 Å². The summed E-state index contributed by atoms with van der Waals surface area (Å²) in [6, 6.07) is 8.14. The highest BCUT2D eigenvalue weighted by molar-refractivity contribution is 7.93. The third kappa shape index (κ3) is 5.58. The summed E-state index contributed by atoms with van der Waals surface area (Å²) in [7, 11) is -3.34. The molecule has 0 spiro atoms. The smallest absolute Gasteiger partial charge is 0.282 e. The zero-order valence-electron chi connectivity index (χ0n) is 17.2. The van der Waals surface area contributed by atoms with Crippen LogP contribution in [0.4, 0.5) is 14.7 Å². The second-order valence-corrected chi connectivity index (χ2v) is 9.94. The lowest BCUT2D eigenvalue weighted by molar-refractivity contribution is -0.0272. The van der Waals surface area contributed by atoms with E-state index in [4.69, 9.17) is 4.74 Å². The SMILES string of the molecule is CS(=O)(=O)/C=C/C(NC(=O)c1cnc(N2CC(F)(F)C2)nc1Oc1ccccc1)C1CC1. The summed E-state index contributed by atoms with van der Waals surface area (Å²) in [5.41, 5.74) is 0.0169. The van der Waals surface area contributed by atoms with Crippen molar-refractivity contribution in [1.82, 2.24) is 15.3 Å². The Morgan fingerprint density at radius 3 is 2.56 bits per heavy atom. The fraction of sp³-hybridized carbons (Fsp3) is 0.381. The van der Waals surface area contributed by atoms with Crippen LogP contribution in [-0.4, -0.2) is 55.6 Å². The first-order valence-electron chi connectivity index (χ1n) is 10.0. The number of sulfone groups is 1. The molecule has 1 aromatic carbocycles. The number of hydrogen-bond donors (Lipinski definition) is 1. The third-order valence-electron chi connectivity index (χ3n) is 5.03. The molecule has 1 atom stereocenters. The van der Waals surface area contributed by atoms with E-state index < -0.39 is 40.8 Å². The van der Waals surface area contributed by atoms with Gasteiger partial charge in [-0.05, 0) is 30.9 Å². The predicted molar refractivity (Wildman–Crippen MR) is 114 cm³/mol. The lowest BCUT2D eigenvalue weighted by atomic mass is 10.1. The van der Waals surface area contributed by atoms with Crippen LogP contribution in [0.15, 0.2) is 48.0 Å². The van der Waals surface area contributed by atoms with Gasteiger partial charge >= 0.3 is 0 Å². The lowest BCUT2D eigenvalue weighted by Crippen LogP contribution is -2.57. The number of carbonyl (C=O) groups excluding carboxylic acids is 1. The van der Waals surface area contributed by atoms with Gasteiger partial charge in [0, 0.05) is 17.9 Å². The molecule has 32 heavy (non-hydrogen) atoms. The molecule has 11 heteroatoms. The Labute approximate surface area is 184 Å². The number of ether oxygens (including phenoxy) is 1. The van der Waals surface area contributed by atoms with E-state index in [2.05, 4.69) is 15.3 Å². The van der Waals surface area contributed by atoms with E-state index in [9.17, 15) is 22.0 Å². The van der Waals surface area contributed by atoms with Gasteiger partial charge in [-0.2, -0.15) is 4.98 Å². The Hall–Kier alpha value is -3.08. The van der Waals surface area contributed by atoms with E-state index in [1.165, 1.54) is 17.2 Å². The van der Waals surface area contributed by atoms with Crippen molar-refractivity contribution in [1.29, 1.82) is 0 Å². The summed E-state index contributed by atoms with van der Waals surface area (Å²) in [6.45, 7) is -1.02. The van der Waals surface area contributed by atoms with Crippen LogP contribution in [0.3, 0.4) is 0 Å². The van der Waals surface area contributed by atoms with Crippen molar-refractivity contribution in [2.24, 2.45) is 5.92 Å². The maximum Gasteiger partial charge on any atom is 0.282 e. The maximum atomic E-state index is 13.3. The summed E-state index contributed by atoms with van der Waals surface area (Å²) in [5.74, 6) is -2.84. The van der Waals surface area contributed by atoms with Gasteiger partial charge in [-0.1, -0.05) is 24.3 Å². The molecular formula is C21H22F2N4O4S. The van der Waals surface area contributed by atoms with Crippen molar-refractivity contribution < 1.29 is 26.7 Å². The molecule has 2 fully saturated rings. The Balaban J connectivity index is 1.59. The molecule has 1 N–H and O–H groups in total. The second-order valence-electron chi connectivity index (χ2n) is 8.01. The monoisotopic (exact) mass is 464 g/mol. The van der Waals surface area contributed by atoms with E-state index in [1.54, 1.807) is 30.3 Å². The molecule has 2 heterocycles. The van der Waals surface area contributed by atoms with Crippen molar-refractivity contribution in [2.45, 2.75) is 24.8 Å². The number of nitrogens with one attached hydrogen (secondary N) is 1. The van der Waals surface area contributed by atoms with Crippen LogP contribution in [0, 0.1) is 5.92 Å². The van der Waals surface area contributed by atoms with Crippen molar-refractivity contribution in [3.63, 3.8) is 0 Å². The standard InChI is InChI=1S/C21H22F2N4O4S/c1-32(29,30)10-9-17(14-7-8-14)25-18(28)16-11-24-20(27-12-21(22,23)13-27)26-19(16)31-15-5-3-2-4-6-15/h2-6,9-11,14,17H,7-8,12-13H2,1H3,(H,25,28)/b10-9+. The fourth-order valence-corrected chi connectivity index (χ4v) is 3.69. The number of nitrogens with zero attached hydrogens (tertiary/aromatic N) is 3. The summed E-state index contributed by atoms with van der Waals surface area (Å²) in [5, 5.41) is 3.87. The molecule has 8 nitrogen and oxygen atoms in total. The number of para-hydroxylation sites is 1. The van der Waals surface area contributed by atoms with Gasteiger partial charge in [0.25, 0.3) is 11.8 Å². The molecule has 1 aliphatic heterocycles. The number of benzene rings is 1. The van der Waals surface area contributed by atoms with Crippen molar-refractivity contribution in [2.75, 3.05) is 24.2 Å². The van der Waals surface area contributed by atoms with Crippen LogP contribution in [-0.2, 0) is 9.84 Å². The Morgan fingerprint density at radius 1 is 1.28 bits per heavy atom. The minimum atomic E-state index is -3.34. The number of carbonyl (C=O) groups is 1. The average Bonchev–Trinajstić information content (AvgIpc) is 3.54. The molecule has 1 saturated carbocycles. The van der Waals surface area contributed by atoms with E-state index >= 15 is 0 Å². The molecule has 1 unspecified atom stereocenters. The van der Waals surface area contributed by atoms with Gasteiger partial charge in [0.05, 0.1) is 19.1 Å². The summed E-state index contributed by atoms with van der Waals surface area (Å²) >= 11 is 0. The molecule has 1 aliphatic carbocycles. The number of anilines is 1. The molecule has 2 aliphatic rings. The number of amides is 1. The zero-order valence-corrected chi connectivity index (χ0v) is 18.1. The number of halogens is 2. The van der Waals surface area contributed by atoms with Gasteiger partial charge in [-0.15, -0.1) is 0 Å². The molecule has 4 rings (SSSR count). The number of aromatic nitrogens is 2. The maximum absolute atomic E-state index is 13.3. The molecule has 1 saturated heterocycles. The van der Waals surface area contributed by atoms with Gasteiger partial charge in [0.1, 0.15) is 11.3 Å². The first kappa shape index (κ1) is 22.1. The highest BCUT2D eigenvalue weighted by Gasteiger charge is 2.45. The molecule has 1 amide bonds. The van der Waals surface area contributed by atoms with Gasteiger partial charge in [-0.25, -0.2) is 22.2 Å². The van der Waals surface area contributed by atoms with Crippen molar-refractivity contribution >= 4 is 21.7 Å². The summed E-state index contributed by atoms with van der Waals surface area (Å²) in [6.07, 6.45) is 5.50. The Morgan fingerprint density at radius 2 is 1.97 bits per heavy atom. The van der Waals surface area contributed by atoms with E-state index in [0.29, 0.717) is 5.75 Å². The Kier molecular flexibility index (Phi) is 5.85. The van der Waals surface area contributed by atoms with E-state index in [1.807, 2.05) is 0 Å². The fourth-order valence-electron chi connectivity index (χ4n) is 3.23. The molecule has 0 bridgehead atoms. The van der Waals surface area contributed by atoms with Gasteiger partial charge in [0.2, 0.25) is 11.8 Å². The first-order valence-corrected chi connectivity index (χ1v) is 12.0. The number of hydrogen-bond acceptors (Lipinski definition) is 7. The Bertz CT molecular complexity index is 1130. The van der Waals surface area contributed by atoms with Crippen LogP contribution >= 0.6 is 0 Å². The normalized spacial score (nSPS) is 18.8. The largest absolute Gasteiger partial charge is 0.438 e. The predicted octanol–water partition coefficient (Wildman–Crippen LogP) is 2.79. The van der Waals surface area contributed by atoms with Crippen molar-refractivity contribution in [3.05, 3.63) is 53.6 Å². The minimum absolute atomic E-state index is 0.0169. The molecule has 0 radical (unpaired) electrons. The van der Waals surface area contributed by atoms with Gasteiger partial charge in [0.15, 0.2) is 9.84 Å².